The van der Waals surface area contributed by atoms with Crippen molar-refractivity contribution in [1.29, 1.82) is 0 Å². The highest BCUT2D eigenvalue weighted by molar-refractivity contribution is 6.03. The van der Waals surface area contributed by atoms with Crippen LogP contribution in [-0.2, 0) is 19.1 Å². The summed E-state index contributed by atoms with van der Waals surface area (Å²) in [5.41, 5.74) is -1.46. The smallest absolute Gasteiger partial charge is 0.306 e. The topological polar surface area (TPSA) is 119 Å². The lowest BCUT2D eigenvalue weighted by Gasteiger charge is -2.41. The fourth-order valence-electron chi connectivity index (χ4n) is 3.35. The van der Waals surface area contributed by atoms with E-state index >= 15 is 0 Å². The number of hydrogen-bond donors (Lipinski definition) is 2. The Morgan fingerprint density at radius 2 is 2.16 bits per heavy atom. The Morgan fingerprint density at radius 1 is 1.40 bits per heavy atom. The summed E-state index contributed by atoms with van der Waals surface area (Å²) in [6, 6.07) is 4.37. The van der Waals surface area contributed by atoms with Crippen LogP contribution >= 0.6 is 0 Å². The van der Waals surface area contributed by atoms with Crippen LogP contribution in [0.15, 0.2) is 18.2 Å². The predicted molar refractivity (Wildman–Crippen MR) is 82.1 cm³/mol. The Kier molecular flexibility index (Phi) is 4.38. The molecule has 134 valence electrons. The van der Waals surface area contributed by atoms with Gasteiger partial charge in [0.2, 0.25) is 0 Å². The van der Waals surface area contributed by atoms with Gasteiger partial charge in [0.1, 0.15) is 17.1 Å². The Balaban J connectivity index is 1.94. The molecule has 0 unspecified atom stereocenters. The molecule has 25 heavy (non-hydrogen) atoms. The van der Waals surface area contributed by atoms with Crippen molar-refractivity contribution in [2.75, 3.05) is 13.2 Å². The zero-order valence-corrected chi connectivity index (χ0v) is 13.6. The number of carbonyl (C=O) groups is 3. The largest absolute Gasteiger partial charge is 0.507 e. The molecule has 2 N–H and O–H groups in total. The molecule has 0 radical (unpaired) electrons. The van der Waals surface area contributed by atoms with Gasteiger partial charge in [0.25, 0.3) is 0 Å². The maximum absolute atomic E-state index is 12.5. The van der Waals surface area contributed by atoms with Gasteiger partial charge < -0.3 is 24.4 Å². The van der Waals surface area contributed by atoms with Gasteiger partial charge in [-0.3, -0.25) is 14.4 Å². The minimum Gasteiger partial charge on any atom is -0.507 e. The van der Waals surface area contributed by atoms with Crippen molar-refractivity contribution in [1.82, 2.24) is 0 Å². The highest BCUT2D eigenvalue weighted by atomic mass is 16.6. The molecule has 1 saturated heterocycles. The number of phenolic OH excluding ortho intramolecular Hbond substituents is 1. The predicted octanol–water partition coefficient (Wildman–Crippen LogP) is 0.583. The second-order valence-electron chi connectivity index (χ2n) is 6.25. The lowest BCUT2D eigenvalue weighted by Crippen LogP contribution is -2.57. The Labute approximate surface area is 143 Å². The molecule has 8 nitrogen and oxygen atoms in total. The number of ether oxygens (including phenoxy) is 3. The average Bonchev–Trinajstić information content (AvgIpc) is 2.94. The summed E-state index contributed by atoms with van der Waals surface area (Å²) in [5, 5.41) is 19.8. The van der Waals surface area contributed by atoms with Crippen LogP contribution in [0, 0.1) is 5.92 Å². The molecule has 1 fully saturated rings. The molecule has 8 heteroatoms. The van der Waals surface area contributed by atoms with E-state index < -0.39 is 42.0 Å². The highest BCUT2D eigenvalue weighted by Crippen LogP contribution is 2.43. The SMILES string of the molecule is CC(=O)OC[C@H]1CC(=O)O[C@@H]1[C@@]1(CO)CC(=O)c2c(O)cccc2O1. The molecule has 0 amide bonds. The summed E-state index contributed by atoms with van der Waals surface area (Å²) in [4.78, 5) is 35.3. The van der Waals surface area contributed by atoms with Gasteiger partial charge in [-0.2, -0.15) is 0 Å². The second kappa shape index (κ2) is 6.36. The quantitative estimate of drug-likeness (QED) is 0.757. The summed E-state index contributed by atoms with van der Waals surface area (Å²) < 4.78 is 16.1. The molecule has 0 saturated carbocycles. The van der Waals surface area contributed by atoms with Crippen LogP contribution in [0.1, 0.15) is 30.1 Å². The number of cyclic esters (lactones) is 1. The molecule has 2 aliphatic rings. The molecular formula is C17H18O8. The van der Waals surface area contributed by atoms with Crippen LogP contribution in [0.4, 0.5) is 0 Å². The van der Waals surface area contributed by atoms with Crippen molar-refractivity contribution in [3.8, 4) is 11.5 Å². The molecule has 1 aromatic carbocycles. The third kappa shape index (κ3) is 3.05. The van der Waals surface area contributed by atoms with Crippen molar-refractivity contribution in [2.45, 2.75) is 31.5 Å². The van der Waals surface area contributed by atoms with E-state index in [1.807, 2.05) is 0 Å². The van der Waals surface area contributed by atoms with Gasteiger partial charge in [-0.25, -0.2) is 0 Å². The Hall–Kier alpha value is -2.61. The van der Waals surface area contributed by atoms with E-state index in [2.05, 4.69) is 0 Å². The molecular weight excluding hydrogens is 332 g/mol. The summed E-state index contributed by atoms with van der Waals surface area (Å²) in [6.45, 7) is 0.578. The van der Waals surface area contributed by atoms with E-state index in [0.29, 0.717) is 0 Å². The van der Waals surface area contributed by atoms with Crippen molar-refractivity contribution >= 4 is 17.7 Å². The van der Waals surface area contributed by atoms with Crippen LogP contribution < -0.4 is 4.74 Å². The number of rotatable bonds is 4. The van der Waals surface area contributed by atoms with Crippen molar-refractivity contribution in [2.24, 2.45) is 5.92 Å². The number of Topliss-reactive ketones (excluding diaryl/α,β-unsaturated/α-hetero) is 1. The number of hydrogen-bond acceptors (Lipinski definition) is 8. The monoisotopic (exact) mass is 350 g/mol. The number of fused-ring (bicyclic) bond motifs is 1. The Bertz CT molecular complexity index is 727. The van der Waals surface area contributed by atoms with Crippen LogP contribution in [0.2, 0.25) is 0 Å². The molecule has 0 spiro atoms. The van der Waals surface area contributed by atoms with Gasteiger partial charge >= 0.3 is 11.9 Å². The van der Waals surface area contributed by atoms with Crippen LogP contribution in [0.5, 0.6) is 11.5 Å². The second-order valence-corrected chi connectivity index (χ2v) is 6.25. The number of benzene rings is 1. The maximum atomic E-state index is 12.5. The van der Waals surface area contributed by atoms with Crippen molar-refractivity contribution < 1.29 is 38.8 Å². The molecule has 2 aliphatic heterocycles. The lowest BCUT2D eigenvalue weighted by molar-refractivity contribution is -0.158. The fraction of sp³-hybridized carbons (Fsp3) is 0.471. The first-order chi connectivity index (χ1) is 11.9. The van der Waals surface area contributed by atoms with E-state index in [4.69, 9.17) is 14.2 Å². The van der Waals surface area contributed by atoms with E-state index in [1.54, 1.807) is 0 Å². The van der Waals surface area contributed by atoms with Gasteiger partial charge in [-0.05, 0) is 12.1 Å². The van der Waals surface area contributed by atoms with Crippen LogP contribution in [0.25, 0.3) is 0 Å². The normalized spacial score (nSPS) is 28.1. The van der Waals surface area contributed by atoms with Crippen molar-refractivity contribution in [3.05, 3.63) is 23.8 Å². The van der Waals surface area contributed by atoms with Gasteiger partial charge in [0, 0.05) is 12.8 Å². The zero-order valence-electron chi connectivity index (χ0n) is 13.6. The first kappa shape index (κ1) is 17.2. The first-order valence-corrected chi connectivity index (χ1v) is 7.84. The number of aliphatic hydroxyl groups is 1. The zero-order chi connectivity index (χ0) is 18.2. The van der Waals surface area contributed by atoms with Gasteiger partial charge in [-0.15, -0.1) is 0 Å². The first-order valence-electron chi connectivity index (χ1n) is 7.84. The van der Waals surface area contributed by atoms with E-state index in [1.165, 1.54) is 25.1 Å². The standard InChI is InChI=1S/C17H18O8/c1-9(19)23-7-10-5-14(22)24-16(10)17(8-18)6-12(21)15-11(20)3-2-4-13(15)25-17/h2-4,10,16,18,20H,5-8H2,1H3/t10-,16+,17+/m1/s1. The molecule has 3 rings (SSSR count). The highest BCUT2D eigenvalue weighted by Gasteiger charge is 2.55. The number of phenols is 1. The average molecular weight is 350 g/mol. The number of ketones is 1. The minimum atomic E-state index is -1.49. The molecule has 0 bridgehead atoms. The van der Waals surface area contributed by atoms with Gasteiger partial charge in [0.05, 0.1) is 26.1 Å². The molecule has 3 atom stereocenters. The third-order valence-corrected chi connectivity index (χ3v) is 4.46. The lowest BCUT2D eigenvalue weighted by atomic mass is 9.80. The van der Waals surface area contributed by atoms with Crippen LogP contribution in [-0.4, -0.2) is 52.9 Å². The number of esters is 2. The Morgan fingerprint density at radius 3 is 2.84 bits per heavy atom. The minimum absolute atomic E-state index is 0.00978. The molecule has 0 aliphatic carbocycles. The molecule has 1 aromatic rings. The number of aromatic hydroxyl groups is 1. The third-order valence-electron chi connectivity index (χ3n) is 4.46. The van der Waals surface area contributed by atoms with E-state index in [-0.39, 0.29) is 36.5 Å². The number of carbonyl (C=O) groups excluding carboxylic acids is 3. The fourth-order valence-corrected chi connectivity index (χ4v) is 3.35. The van der Waals surface area contributed by atoms with Crippen molar-refractivity contribution in [3.63, 3.8) is 0 Å². The number of aliphatic hydroxyl groups excluding tert-OH is 1. The van der Waals surface area contributed by atoms with Gasteiger partial charge in [-0.1, -0.05) is 6.07 Å². The molecule has 2 heterocycles. The summed E-state index contributed by atoms with van der Waals surface area (Å²) in [5.74, 6) is -2.11. The van der Waals surface area contributed by atoms with E-state index in [9.17, 15) is 24.6 Å². The van der Waals surface area contributed by atoms with Gasteiger partial charge in [0.15, 0.2) is 17.5 Å². The maximum Gasteiger partial charge on any atom is 0.306 e. The van der Waals surface area contributed by atoms with Crippen LogP contribution in [0.3, 0.4) is 0 Å². The summed E-state index contributed by atoms with van der Waals surface area (Å²) >= 11 is 0. The summed E-state index contributed by atoms with van der Waals surface area (Å²) in [7, 11) is 0. The van der Waals surface area contributed by atoms with E-state index in [0.717, 1.165) is 0 Å². The summed E-state index contributed by atoms with van der Waals surface area (Å²) in [6.07, 6.45) is -1.24. The molecule has 0 aromatic heterocycles.